The van der Waals surface area contributed by atoms with Gasteiger partial charge in [-0.3, -0.25) is 0 Å². The van der Waals surface area contributed by atoms with Crippen LogP contribution in [0.1, 0.15) is 6.92 Å². The number of aliphatic hydroxyl groups is 1. The summed E-state index contributed by atoms with van der Waals surface area (Å²) in [6.45, 7) is 1.56. The number of nitriles is 1. The Morgan fingerprint density at radius 2 is 2.29 bits per heavy atom. The Bertz CT molecular complexity index is 86.2. The minimum absolute atomic E-state index is 0.468. The highest BCUT2D eigenvalue weighted by Crippen LogP contribution is 1.97. The molecular formula is C4H6ClNO. The second kappa shape index (κ2) is 2.84. The third-order valence-corrected chi connectivity index (χ3v) is 0.806. The van der Waals surface area contributed by atoms with Crippen molar-refractivity contribution in [2.45, 2.75) is 18.4 Å². The molecule has 0 bridgehead atoms. The van der Waals surface area contributed by atoms with Gasteiger partial charge in [-0.25, -0.2) is 0 Å². The van der Waals surface area contributed by atoms with Gasteiger partial charge in [-0.1, -0.05) is 0 Å². The van der Waals surface area contributed by atoms with E-state index in [-0.39, 0.29) is 0 Å². The third kappa shape index (κ3) is 2.44. The van der Waals surface area contributed by atoms with Gasteiger partial charge in [-0.05, 0) is 6.92 Å². The van der Waals surface area contributed by atoms with Crippen LogP contribution in [-0.2, 0) is 0 Å². The molecule has 0 fully saturated rings. The summed E-state index contributed by atoms with van der Waals surface area (Å²) in [4.78, 5) is 0. The normalized spacial score (nSPS) is 17.4. The Hall–Kier alpha value is -0.260. The fourth-order valence-electron chi connectivity index (χ4n) is 0.103. The largest absolute Gasteiger partial charge is 0.377 e. The Labute approximate surface area is 47.3 Å². The van der Waals surface area contributed by atoms with Crippen LogP contribution in [-0.4, -0.2) is 16.6 Å². The Morgan fingerprint density at radius 1 is 1.86 bits per heavy atom. The summed E-state index contributed by atoms with van der Waals surface area (Å²) in [5.41, 5.74) is 0. The first kappa shape index (κ1) is 6.74. The molecule has 0 saturated heterocycles. The van der Waals surface area contributed by atoms with Gasteiger partial charge in [-0.2, -0.15) is 5.26 Å². The van der Waals surface area contributed by atoms with Crippen LogP contribution in [0, 0.1) is 11.3 Å². The fourth-order valence-corrected chi connectivity index (χ4v) is 0.159. The van der Waals surface area contributed by atoms with Gasteiger partial charge in [0, 0.05) is 0 Å². The predicted octanol–water partition coefficient (Wildman–Crippen LogP) is 0.498. The summed E-state index contributed by atoms with van der Waals surface area (Å²) in [5, 5.41) is 15.9. The van der Waals surface area contributed by atoms with Crippen molar-refractivity contribution in [2.24, 2.45) is 0 Å². The molecule has 0 aromatic carbocycles. The van der Waals surface area contributed by atoms with Crippen LogP contribution in [0.15, 0.2) is 0 Å². The highest BCUT2D eigenvalue weighted by molar-refractivity contribution is 6.20. The second-order valence-electron chi connectivity index (χ2n) is 1.25. The lowest BCUT2D eigenvalue weighted by molar-refractivity contribution is 0.229. The summed E-state index contributed by atoms with van der Waals surface area (Å²) in [6.07, 6.45) is -1.03. The number of alkyl halides is 1. The lowest BCUT2D eigenvalue weighted by Gasteiger charge is -1.99. The van der Waals surface area contributed by atoms with E-state index >= 15 is 0 Å². The first-order valence-electron chi connectivity index (χ1n) is 1.90. The molecule has 0 aliphatic rings. The van der Waals surface area contributed by atoms with Crippen molar-refractivity contribution in [3.63, 3.8) is 0 Å². The quantitative estimate of drug-likeness (QED) is 0.404. The summed E-state index contributed by atoms with van der Waals surface area (Å²) >= 11 is 5.26. The number of hydrogen-bond donors (Lipinski definition) is 1. The molecule has 0 radical (unpaired) electrons. The Balaban J connectivity index is 3.40. The molecule has 3 heteroatoms. The standard InChI is InChI=1S/C4H6ClNO/c1-3(5)4(7)2-6/h3-4,7H,1H3/t3-,4-/m0/s1. The molecule has 0 rings (SSSR count). The minimum atomic E-state index is -1.03. The second-order valence-corrected chi connectivity index (χ2v) is 1.94. The molecule has 7 heavy (non-hydrogen) atoms. The van der Waals surface area contributed by atoms with Crippen LogP contribution in [0.5, 0.6) is 0 Å². The third-order valence-electron chi connectivity index (χ3n) is 0.567. The highest BCUT2D eigenvalue weighted by Gasteiger charge is 2.06. The van der Waals surface area contributed by atoms with Gasteiger partial charge in [0.25, 0.3) is 0 Å². The zero-order valence-electron chi connectivity index (χ0n) is 3.93. The van der Waals surface area contributed by atoms with Crippen LogP contribution in [0.25, 0.3) is 0 Å². The minimum Gasteiger partial charge on any atom is -0.377 e. The summed E-state index contributed by atoms with van der Waals surface area (Å²) in [6, 6.07) is 1.59. The highest BCUT2D eigenvalue weighted by atomic mass is 35.5. The molecule has 2 nitrogen and oxygen atoms in total. The van der Waals surface area contributed by atoms with Gasteiger partial charge in [0.05, 0.1) is 11.4 Å². The SMILES string of the molecule is C[C@H](Cl)[C@@H](O)C#N. The van der Waals surface area contributed by atoms with Gasteiger partial charge in [-0.15, -0.1) is 11.6 Å². The monoisotopic (exact) mass is 119 g/mol. The summed E-state index contributed by atoms with van der Waals surface area (Å²) < 4.78 is 0. The molecule has 2 atom stereocenters. The molecule has 0 saturated carbocycles. The Kier molecular flexibility index (Phi) is 2.73. The number of rotatable bonds is 1. The van der Waals surface area contributed by atoms with Crippen molar-refractivity contribution in [3.8, 4) is 6.07 Å². The molecule has 0 spiro atoms. The van der Waals surface area contributed by atoms with E-state index < -0.39 is 11.5 Å². The van der Waals surface area contributed by atoms with E-state index in [1.807, 2.05) is 0 Å². The first-order valence-corrected chi connectivity index (χ1v) is 2.34. The van der Waals surface area contributed by atoms with Gasteiger partial charge in [0.15, 0.2) is 6.10 Å². The van der Waals surface area contributed by atoms with Crippen LogP contribution >= 0.6 is 11.6 Å². The number of aliphatic hydroxyl groups excluding tert-OH is 1. The molecule has 0 aliphatic carbocycles. The zero-order valence-corrected chi connectivity index (χ0v) is 4.68. The van der Waals surface area contributed by atoms with Crippen molar-refractivity contribution >= 4 is 11.6 Å². The van der Waals surface area contributed by atoms with Crippen LogP contribution < -0.4 is 0 Å². The predicted molar refractivity (Wildman–Crippen MR) is 26.9 cm³/mol. The van der Waals surface area contributed by atoms with E-state index in [0.29, 0.717) is 0 Å². The Morgan fingerprint density at radius 3 is 2.29 bits per heavy atom. The van der Waals surface area contributed by atoms with E-state index in [4.69, 9.17) is 22.0 Å². The van der Waals surface area contributed by atoms with E-state index in [1.54, 1.807) is 13.0 Å². The van der Waals surface area contributed by atoms with Crippen molar-refractivity contribution < 1.29 is 5.11 Å². The molecule has 40 valence electrons. The average Bonchev–Trinajstić information content (AvgIpc) is 1.65. The van der Waals surface area contributed by atoms with Gasteiger partial charge >= 0.3 is 0 Å². The van der Waals surface area contributed by atoms with E-state index in [1.165, 1.54) is 0 Å². The maximum atomic E-state index is 8.44. The van der Waals surface area contributed by atoms with E-state index in [2.05, 4.69) is 0 Å². The molecule has 1 N–H and O–H groups in total. The maximum absolute atomic E-state index is 8.44. The van der Waals surface area contributed by atoms with Crippen molar-refractivity contribution in [2.75, 3.05) is 0 Å². The van der Waals surface area contributed by atoms with Gasteiger partial charge < -0.3 is 5.11 Å². The number of halogens is 1. The van der Waals surface area contributed by atoms with Crippen LogP contribution in [0.4, 0.5) is 0 Å². The van der Waals surface area contributed by atoms with Gasteiger partial charge in [0.1, 0.15) is 0 Å². The molecule has 0 aliphatic heterocycles. The number of hydrogen-bond acceptors (Lipinski definition) is 2. The molecule has 0 unspecified atom stereocenters. The fraction of sp³-hybridized carbons (Fsp3) is 0.750. The molecule has 0 amide bonds. The van der Waals surface area contributed by atoms with Crippen molar-refractivity contribution in [3.05, 3.63) is 0 Å². The smallest absolute Gasteiger partial charge is 0.156 e. The lowest BCUT2D eigenvalue weighted by atomic mass is 10.3. The molecule has 0 aromatic heterocycles. The van der Waals surface area contributed by atoms with Crippen LogP contribution in [0.2, 0.25) is 0 Å². The maximum Gasteiger partial charge on any atom is 0.156 e. The molecule has 0 heterocycles. The molecular weight excluding hydrogens is 114 g/mol. The van der Waals surface area contributed by atoms with Crippen molar-refractivity contribution in [1.29, 1.82) is 5.26 Å². The number of nitrogens with zero attached hydrogens (tertiary/aromatic N) is 1. The van der Waals surface area contributed by atoms with Crippen molar-refractivity contribution in [1.82, 2.24) is 0 Å². The van der Waals surface area contributed by atoms with E-state index in [9.17, 15) is 0 Å². The lowest BCUT2D eigenvalue weighted by Crippen LogP contribution is -2.13. The zero-order chi connectivity index (χ0) is 5.86. The summed E-state index contributed by atoms with van der Waals surface area (Å²) in [7, 11) is 0. The van der Waals surface area contributed by atoms with Gasteiger partial charge in [0.2, 0.25) is 0 Å². The van der Waals surface area contributed by atoms with E-state index in [0.717, 1.165) is 0 Å². The average molecular weight is 120 g/mol. The first-order chi connectivity index (χ1) is 3.18. The van der Waals surface area contributed by atoms with Crippen LogP contribution in [0.3, 0.4) is 0 Å². The topological polar surface area (TPSA) is 44.0 Å². The summed E-state index contributed by atoms with van der Waals surface area (Å²) in [5.74, 6) is 0. The molecule has 0 aromatic rings.